The van der Waals surface area contributed by atoms with Crippen LogP contribution in [0, 0.1) is 0 Å². The Kier molecular flexibility index (Phi) is 4.25. The molecule has 70 valence electrons. The first-order valence-electron chi connectivity index (χ1n) is 3.79. The lowest BCUT2D eigenvalue weighted by Gasteiger charge is -2.03. The predicted octanol–water partition coefficient (Wildman–Crippen LogP) is 3.45. The zero-order chi connectivity index (χ0) is 9.68. The maximum Gasteiger partial charge on any atom is 0.228 e. The van der Waals surface area contributed by atoms with Crippen LogP contribution in [0.15, 0.2) is 28.9 Å². The lowest BCUT2D eigenvalue weighted by molar-refractivity contribution is 0.346. The summed E-state index contributed by atoms with van der Waals surface area (Å²) < 4.78 is 6.10. The van der Waals surface area contributed by atoms with Crippen molar-refractivity contribution in [2.24, 2.45) is 0 Å². The van der Waals surface area contributed by atoms with Crippen LogP contribution in [-0.2, 0) is 0 Å². The number of ether oxygens (including phenoxy) is 1. The van der Waals surface area contributed by atoms with Crippen LogP contribution in [0.2, 0.25) is 5.02 Å². The van der Waals surface area contributed by atoms with Crippen molar-refractivity contribution in [2.75, 3.05) is 6.61 Å². The predicted molar refractivity (Wildman–Crippen MR) is 57.3 cm³/mol. The number of pyridine rings is 1. The molecule has 0 saturated carbocycles. The summed E-state index contributed by atoms with van der Waals surface area (Å²) >= 11 is 9.02. The van der Waals surface area contributed by atoms with Gasteiger partial charge in [-0.25, -0.2) is 4.98 Å². The molecule has 0 radical (unpaired) electrons. The molecule has 0 spiro atoms. The van der Waals surface area contributed by atoms with E-state index in [0.717, 1.165) is 4.47 Å². The lowest BCUT2D eigenvalue weighted by Crippen LogP contribution is -1.96. The number of rotatable bonds is 3. The summed E-state index contributed by atoms with van der Waals surface area (Å²) in [4.78, 5) is 4.01. The number of nitrogens with zero attached hydrogens (tertiary/aromatic N) is 1. The van der Waals surface area contributed by atoms with Gasteiger partial charge in [-0.15, -0.1) is 0 Å². The Morgan fingerprint density at radius 2 is 2.46 bits per heavy atom. The molecule has 1 rings (SSSR count). The number of hydrogen-bond acceptors (Lipinski definition) is 2. The highest BCUT2D eigenvalue weighted by molar-refractivity contribution is 9.10. The van der Waals surface area contributed by atoms with Crippen molar-refractivity contribution in [3.63, 3.8) is 0 Å². The van der Waals surface area contributed by atoms with Gasteiger partial charge in [0.2, 0.25) is 5.88 Å². The first kappa shape index (κ1) is 10.5. The van der Waals surface area contributed by atoms with Crippen LogP contribution in [-0.4, -0.2) is 11.6 Å². The minimum Gasteiger partial charge on any atom is -0.473 e. The van der Waals surface area contributed by atoms with Gasteiger partial charge in [0, 0.05) is 6.20 Å². The van der Waals surface area contributed by atoms with E-state index in [1.165, 1.54) is 0 Å². The maximum atomic E-state index is 5.72. The molecule has 0 fully saturated rings. The van der Waals surface area contributed by atoms with Crippen molar-refractivity contribution < 1.29 is 4.74 Å². The molecule has 4 heteroatoms. The molecule has 0 amide bonds. The maximum absolute atomic E-state index is 5.72. The van der Waals surface area contributed by atoms with Crippen molar-refractivity contribution in [3.8, 4) is 5.88 Å². The van der Waals surface area contributed by atoms with Gasteiger partial charge in [-0.1, -0.05) is 23.8 Å². The molecule has 0 aliphatic heterocycles. The number of allylic oxidation sites excluding steroid dienone is 1. The zero-order valence-corrected chi connectivity index (χ0v) is 9.47. The molecule has 1 aromatic rings. The Balaban J connectivity index is 2.66. The third kappa shape index (κ3) is 3.36. The molecule has 1 heterocycles. The molecule has 0 atom stereocenters. The summed E-state index contributed by atoms with van der Waals surface area (Å²) in [6, 6.07) is 1.75. The fraction of sp³-hybridized carbons (Fsp3) is 0.222. The number of hydrogen-bond donors (Lipinski definition) is 0. The number of aromatic nitrogens is 1. The van der Waals surface area contributed by atoms with Crippen molar-refractivity contribution in [2.45, 2.75) is 6.92 Å². The topological polar surface area (TPSA) is 22.1 Å². The second-order valence-corrected chi connectivity index (χ2v) is 3.61. The summed E-state index contributed by atoms with van der Waals surface area (Å²) in [6.45, 7) is 2.46. The van der Waals surface area contributed by atoms with Crippen LogP contribution < -0.4 is 4.74 Å². The minimum absolute atomic E-state index is 0.518. The Morgan fingerprint density at radius 3 is 3.08 bits per heavy atom. The molecule has 0 aliphatic carbocycles. The second-order valence-electron chi connectivity index (χ2n) is 2.32. The largest absolute Gasteiger partial charge is 0.473 e. The number of halogens is 2. The third-order valence-electron chi connectivity index (χ3n) is 1.33. The summed E-state index contributed by atoms with van der Waals surface area (Å²) in [5.74, 6) is 0.558. The van der Waals surface area contributed by atoms with E-state index in [4.69, 9.17) is 16.3 Å². The van der Waals surface area contributed by atoms with Crippen LogP contribution >= 0.6 is 27.5 Å². The normalized spacial score (nSPS) is 10.7. The smallest absolute Gasteiger partial charge is 0.228 e. The monoisotopic (exact) mass is 261 g/mol. The van der Waals surface area contributed by atoms with Gasteiger partial charge in [0.25, 0.3) is 0 Å². The standard InChI is InChI=1S/C9H9BrClNO/c1-2-3-4-13-9-8(10)5-7(11)6-12-9/h2-3,5-6H,4H2,1H3/b3-2+. The van der Waals surface area contributed by atoms with E-state index in [1.807, 2.05) is 19.1 Å². The van der Waals surface area contributed by atoms with E-state index in [-0.39, 0.29) is 0 Å². The van der Waals surface area contributed by atoms with Crippen molar-refractivity contribution >= 4 is 27.5 Å². The van der Waals surface area contributed by atoms with Gasteiger partial charge in [-0.2, -0.15) is 0 Å². The van der Waals surface area contributed by atoms with Gasteiger partial charge in [0.15, 0.2) is 0 Å². The van der Waals surface area contributed by atoms with E-state index in [2.05, 4.69) is 20.9 Å². The lowest BCUT2D eigenvalue weighted by atomic mass is 10.5. The fourth-order valence-corrected chi connectivity index (χ4v) is 1.48. The summed E-state index contributed by atoms with van der Waals surface area (Å²) in [7, 11) is 0. The van der Waals surface area contributed by atoms with E-state index >= 15 is 0 Å². The van der Waals surface area contributed by atoms with Crippen LogP contribution in [0.4, 0.5) is 0 Å². The summed E-state index contributed by atoms with van der Waals surface area (Å²) in [5, 5.41) is 0.588. The molecule has 0 bridgehead atoms. The molecule has 0 aromatic carbocycles. The fourth-order valence-electron chi connectivity index (χ4n) is 0.732. The van der Waals surface area contributed by atoms with Crippen molar-refractivity contribution in [1.82, 2.24) is 4.98 Å². The van der Waals surface area contributed by atoms with Gasteiger partial charge in [-0.3, -0.25) is 0 Å². The van der Waals surface area contributed by atoms with Gasteiger partial charge in [0.05, 0.1) is 9.50 Å². The Hall–Kier alpha value is -0.540. The Bertz CT molecular complexity index is 314. The molecule has 0 unspecified atom stereocenters. The average molecular weight is 263 g/mol. The minimum atomic E-state index is 0.518. The highest BCUT2D eigenvalue weighted by Gasteiger charge is 2.01. The quantitative estimate of drug-likeness (QED) is 0.778. The highest BCUT2D eigenvalue weighted by atomic mass is 79.9. The molecule has 0 N–H and O–H groups in total. The SMILES string of the molecule is C/C=C/COc1ncc(Cl)cc1Br. The first-order valence-corrected chi connectivity index (χ1v) is 4.96. The molecule has 0 saturated heterocycles. The molecule has 2 nitrogen and oxygen atoms in total. The van der Waals surface area contributed by atoms with Gasteiger partial charge in [-0.05, 0) is 28.9 Å². The molecular weight excluding hydrogens is 253 g/mol. The second kappa shape index (κ2) is 5.25. The van der Waals surface area contributed by atoms with Crippen LogP contribution in [0.5, 0.6) is 5.88 Å². The van der Waals surface area contributed by atoms with E-state index in [1.54, 1.807) is 12.3 Å². The summed E-state index contributed by atoms with van der Waals surface area (Å²) in [6.07, 6.45) is 5.38. The van der Waals surface area contributed by atoms with E-state index in [0.29, 0.717) is 17.5 Å². The van der Waals surface area contributed by atoms with Gasteiger partial charge < -0.3 is 4.74 Å². The highest BCUT2D eigenvalue weighted by Crippen LogP contribution is 2.24. The molecular formula is C9H9BrClNO. The van der Waals surface area contributed by atoms with Gasteiger partial charge in [0.1, 0.15) is 6.61 Å². The molecule has 0 aliphatic rings. The van der Waals surface area contributed by atoms with Crippen LogP contribution in [0.1, 0.15) is 6.92 Å². The summed E-state index contributed by atoms with van der Waals surface area (Å²) in [5.41, 5.74) is 0. The Labute approximate surface area is 90.7 Å². The average Bonchev–Trinajstić information content (AvgIpc) is 2.09. The van der Waals surface area contributed by atoms with E-state index in [9.17, 15) is 0 Å². The van der Waals surface area contributed by atoms with Crippen molar-refractivity contribution in [1.29, 1.82) is 0 Å². The third-order valence-corrected chi connectivity index (χ3v) is 2.10. The molecule has 1 aromatic heterocycles. The zero-order valence-electron chi connectivity index (χ0n) is 7.13. The molecule has 13 heavy (non-hydrogen) atoms. The van der Waals surface area contributed by atoms with Gasteiger partial charge >= 0.3 is 0 Å². The van der Waals surface area contributed by atoms with Crippen LogP contribution in [0.25, 0.3) is 0 Å². The first-order chi connectivity index (χ1) is 6.24. The van der Waals surface area contributed by atoms with Crippen LogP contribution in [0.3, 0.4) is 0 Å². The Morgan fingerprint density at radius 1 is 1.69 bits per heavy atom. The van der Waals surface area contributed by atoms with Crippen molar-refractivity contribution in [3.05, 3.63) is 33.9 Å². The van der Waals surface area contributed by atoms with E-state index < -0.39 is 0 Å².